The first kappa shape index (κ1) is 32.3. The smallest absolute Gasteiger partial charge is 0.166 e. The van der Waals surface area contributed by atoms with Gasteiger partial charge in [0.2, 0.25) is 0 Å². The van der Waals surface area contributed by atoms with Crippen LogP contribution in [-0.4, -0.2) is 49.0 Å². The average Bonchev–Trinajstić information content (AvgIpc) is 3.27. The van der Waals surface area contributed by atoms with Crippen LogP contribution in [0.25, 0.3) is 12.2 Å². The van der Waals surface area contributed by atoms with Crippen molar-refractivity contribution in [1.29, 1.82) is 0 Å². The molecular weight excluding hydrogens is 556 g/mol. The molecule has 5 rings (SSSR count). The topological polar surface area (TPSA) is 222 Å². The van der Waals surface area contributed by atoms with Crippen LogP contribution in [0.1, 0.15) is 64.5 Å². The fourth-order valence-electron chi connectivity index (χ4n) is 8.22. The van der Waals surface area contributed by atoms with Gasteiger partial charge in [-0.15, -0.1) is 0 Å². The molecule has 4 atom stereocenters. The number of fused-ring (bicyclic) bond motifs is 4. The molecule has 4 aliphatic rings. The zero-order valence-electron chi connectivity index (χ0n) is 23.9. The number of benzene rings is 1. The van der Waals surface area contributed by atoms with Crippen molar-refractivity contribution in [1.82, 2.24) is 12.3 Å². The minimum absolute atomic E-state index is 0. The van der Waals surface area contributed by atoms with E-state index in [2.05, 4.69) is 0 Å². The summed E-state index contributed by atoms with van der Waals surface area (Å²) in [5, 5.41) is 0. The average molecular weight is 597 g/mol. The summed E-state index contributed by atoms with van der Waals surface area (Å²) in [6, 6.07) is 7.24. The first-order valence-electron chi connectivity index (χ1n) is 12.8. The van der Waals surface area contributed by atoms with Crippen molar-refractivity contribution < 1.29 is 35.5 Å². The molecule has 0 radical (unpaired) electrons. The lowest BCUT2D eigenvalue weighted by Gasteiger charge is -2.36. The third kappa shape index (κ3) is 4.53. The Balaban J connectivity index is 0.00000220. The van der Waals surface area contributed by atoms with Gasteiger partial charge in [0.25, 0.3) is 0 Å². The first-order chi connectivity index (χ1) is 17.3. The Morgan fingerprint density at radius 3 is 1.27 bits per heavy atom. The molecule has 0 heterocycles. The molecule has 8 N–H and O–H groups in total. The predicted octanol–water partition coefficient (Wildman–Crippen LogP) is 4.31. The molecule has 12 heteroatoms. The lowest BCUT2D eigenvalue weighted by molar-refractivity contribution is -0.125. The fourth-order valence-corrected chi connectivity index (χ4v) is 10.7. The second kappa shape index (κ2) is 9.67. The monoisotopic (exact) mass is 596 g/mol. The van der Waals surface area contributed by atoms with Gasteiger partial charge in [-0.2, -0.15) is 0 Å². The Morgan fingerprint density at radius 2 is 1.00 bits per heavy atom. The zero-order chi connectivity index (χ0) is 28.1. The molecule has 222 valence electrons. The maximum Gasteiger partial charge on any atom is 0.166 e. The Morgan fingerprint density at radius 1 is 0.700 bits per heavy atom. The van der Waals surface area contributed by atoms with Gasteiger partial charge >= 0.3 is 0 Å². The Bertz CT molecular complexity index is 1410. The molecule has 0 saturated heterocycles. The van der Waals surface area contributed by atoms with Crippen LogP contribution in [0.2, 0.25) is 0 Å². The Labute approximate surface area is 236 Å². The van der Waals surface area contributed by atoms with Gasteiger partial charge in [-0.05, 0) is 71.6 Å². The molecule has 4 fully saturated rings. The van der Waals surface area contributed by atoms with E-state index in [1.54, 1.807) is 12.2 Å². The normalized spacial score (nSPS) is 33.9. The predicted molar refractivity (Wildman–Crippen MR) is 151 cm³/mol. The number of quaternary nitrogens is 2. The van der Waals surface area contributed by atoms with Gasteiger partial charge in [0.15, 0.2) is 11.6 Å². The van der Waals surface area contributed by atoms with E-state index in [9.17, 15) is 35.5 Å². The minimum atomic E-state index is -4.58. The highest BCUT2D eigenvalue weighted by atomic mass is 32.2. The molecule has 4 aliphatic carbocycles. The van der Waals surface area contributed by atoms with Gasteiger partial charge in [0.05, 0.1) is 42.6 Å². The maximum atomic E-state index is 13.4. The van der Waals surface area contributed by atoms with Crippen molar-refractivity contribution in [3.8, 4) is 0 Å². The van der Waals surface area contributed by atoms with Crippen LogP contribution in [0.4, 0.5) is 0 Å². The van der Waals surface area contributed by atoms with E-state index in [1.807, 2.05) is 52.0 Å². The van der Waals surface area contributed by atoms with Crippen LogP contribution < -0.4 is 12.3 Å². The molecule has 10 nitrogen and oxygen atoms in total. The number of hydrogen-bond donors (Lipinski definition) is 2. The van der Waals surface area contributed by atoms with Crippen molar-refractivity contribution >= 4 is 44.0 Å². The van der Waals surface area contributed by atoms with Gasteiger partial charge in [-0.1, -0.05) is 52.0 Å². The highest BCUT2D eigenvalue weighted by Crippen LogP contribution is 2.67. The third-order valence-corrected chi connectivity index (χ3v) is 12.2. The lowest BCUT2D eigenvalue weighted by atomic mass is 9.70. The van der Waals surface area contributed by atoms with E-state index >= 15 is 0 Å². The maximum absolute atomic E-state index is 13.4. The summed E-state index contributed by atoms with van der Waals surface area (Å²) in [5.74, 6) is -2.18. The molecule has 0 amide bonds. The van der Waals surface area contributed by atoms with E-state index in [0.29, 0.717) is 36.8 Å². The molecule has 4 unspecified atom stereocenters. The quantitative estimate of drug-likeness (QED) is 0.355. The van der Waals surface area contributed by atoms with Gasteiger partial charge < -0.3 is 21.4 Å². The molecule has 40 heavy (non-hydrogen) atoms. The summed E-state index contributed by atoms with van der Waals surface area (Å²) >= 11 is 0. The molecule has 4 saturated carbocycles. The van der Waals surface area contributed by atoms with E-state index in [4.69, 9.17) is 0 Å². The van der Waals surface area contributed by atoms with E-state index in [1.165, 1.54) is 0 Å². The second-order valence-electron chi connectivity index (χ2n) is 12.7. The SMILES string of the molecule is CC1(C)C2CCC1(CS(=O)(=O)[O-])C(=O)C2=Cc1ccc(C=C2C(=O)C3(CS(=O)(=O)[O-])CCC2C3(C)C)cc1.[NH4+].[NH4+]. The highest BCUT2D eigenvalue weighted by Gasteiger charge is 2.68. The van der Waals surface area contributed by atoms with Crippen LogP contribution in [0.15, 0.2) is 35.4 Å². The van der Waals surface area contributed by atoms with E-state index in [-0.39, 0.29) is 35.7 Å². The summed E-state index contributed by atoms with van der Waals surface area (Å²) in [4.78, 5) is 26.8. The zero-order valence-corrected chi connectivity index (χ0v) is 25.6. The summed E-state index contributed by atoms with van der Waals surface area (Å²) in [6.45, 7) is 7.45. The number of carbonyl (C=O) groups is 2. The number of hydrogen-bond acceptors (Lipinski definition) is 8. The van der Waals surface area contributed by atoms with Crippen LogP contribution >= 0.6 is 0 Å². The second-order valence-corrected chi connectivity index (χ2v) is 15.5. The van der Waals surface area contributed by atoms with Gasteiger partial charge in [-0.25, -0.2) is 16.8 Å². The first-order valence-corrected chi connectivity index (χ1v) is 16.0. The van der Waals surface area contributed by atoms with Gasteiger partial charge in [0, 0.05) is 11.1 Å². The molecule has 1 aromatic rings. The summed E-state index contributed by atoms with van der Waals surface area (Å²) in [7, 11) is -9.17. The van der Waals surface area contributed by atoms with Crippen molar-refractivity contribution in [3.63, 3.8) is 0 Å². The molecule has 4 bridgehead atoms. The summed E-state index contributed by atoms with van der Waals surface area (Å²) in [6.07, 6.45) is 5.59. The molecule has 0 spiro atoms. The van der Waals surface area contributed by atoms with Crippen molar-refractivity contribution in [3.05, 3.63) is 46.5 Å². The number of ketones is 2. The minimum Gasteiger partial charge on any atom is -0.748 e. The largest absolute Gasteiger partial charge is 0.748 e. The summed E-state index contributed by atoms with van der Waals surface area (Å²) < 4.78 is 69.9. The van der Waals surface area contributed by atoms with Crippen molar-refractivity contribution in [2.75, 3.05) is 11.5 Å². The molecule has 0 aliphatic heterocycles. The fraction of sp³-hybridized carbons (Fsp3) is 0.571. The Hall–Kier alpha value is -2.22. The van der Waals surface area contributed by atoms with Crippen LogP contribution in [0.5, 0.6) is 0 Å². The van der Waals surface area contributed by atoms with Crippen LogP contribution in [-0.2, 0) is 29.8 Å². The van der Waals surface area contributed by atoms with E-state index < -0.39 is 53.4 Å². The molecule has 0 aromatic heterocycles. The van der Waals surface area contributed by atoms with Gasteiger partial charge in [-0.3, -0.25) is 9.59 Å². The lowest BCUT2D eigenvalue weighted by Crippen LogP contribution is -2.42. The number of carbonyl (C=O) groups excluding carboxylic acids is 2. The molecule has 1 aromatic carbocycles. The molecular formula is C28H40N2O8S2. The van der Waals surface area contributed by atoms with Crippen molar-refractivity contribution in [2.24, 2.45) is 33.5 Å². The van der Waals surface area contributed by atoms with Crippen LogP contribution in [0, 0.1) is 33.5 Å². The van der Waals surface area contributed by atoms with Gasteiger partial charge in [0.1, 0.15) is 0 Å². The third-order valence-electron chi connectivity index (χ3n) is 10.5. The Kier molecular flexibility index (Phi) is 7.81. The summed E-state index contributed by atoms with van der Waals surface area (Å²) in [5.41, 5.74) is -1.10. The highest BCUT2D eigenvalue weighted by molar-refractivity contribution is 7.86. The van der Waals surface area contributed by atoms with Crippen molar-refractivity contribution in [2.45, 2.75) is 53.4 Å². The number of Topliss-reactive ketones (excluding diaryl/α,β-unsaturated/α-hetero) is 2. The standard InChI is InChI=1S/C28H34O8S2.2H3N/c1-25(2)21-9-11-27(25,15-37(31,32)33)23(29)19(21)13-17-5-7-18(8-6-17)14-20-22-10-12-28(24(20)30,26(22,3)4)16-38(34,35)36;;/h5-8,13-14,21-22H,9-12,15-16H2,1-4H3,(H,31,32,33)(H,34,35,36);2*1H3. The number of allylic oxidation sites excluding steroid dienone is 2. The van der Waals surface area contributed by atoms with E-state index in [0.717, 1.165) is 11.1 Å². The van der Waals surface area contributed by atoms with Crippen LogP contribution in [0.3, 0.4) is 0 Å². The number of rotatable bonds is 6.